The maximum atomic E-state index is 12.3. The van der Waals surface area contributed by atoms with E-state index in [1.54, 1.807) is 30.5 Å². The zero-order valence-electron chi connectivity index (χ0n) is 16.7. The molecule has 0 saturated heterocycles. The molecule has 0 spiro atoms. The molecule has 2 amide bonds. The SMILES string of the molecule is NS(=O)(=O)c1ccc(Nc2ncc3ccc(NC(=O)NC4CCCCC4)nc3n2)cc1. The minimum atomic E-state index is -3.75. The largest absolute Gasteiger partial charge is 0.335 e. The van der Waals surface area contributed by atoms with Crippen LogP contribution in [0.4, 0.5) is 22.2 Å². The van der Waals surface area contributed by atoms with Gasteiger partial charge in [-0.05, 0) is 49.2 Å². The molecule has 5 N–H and O–H groups in total. The molecule has 1 aromatic carbocycles. The number of primary sulfonamides is 1. The molecule has 0 unspecified atom stereocenters. The van der Waals surface area contributed by atoms with E-state index in [-0.39, 0.29) is 22.9 Å². The van der Waals surface area contributed by atoms with Crippen LogP contribution in [-0.2, 0) is 10.0 Å². The number of carbonyl (C=O) groups excluding carboxylic acids is 1. The van der Waals surface area contributed by atoms with Crippen LogP contribution in [0, 0.1) is 0 Å². The fourth-order valence-corrected chi connectivity index (χ4v) is 4.00. The van der Waals surface area contributed by atoms with Gasteiger partial charge in [-0.1, -0.05) is 19.3 Å². The summed E-state index contributed by atoms with van der Waals surface area (Å²) in [4.78, 5) is 25.3. The van der Waals surface area contributed by atoms with Gasteiger partial charge in [0.1, 0.15) is 5.82 Å². The first-order chi connectivity index (χ1) is 14.9. The molecule has 2 heterocycles. The van der Waals surface area contributed by atoms with Gasteiger partial charge in [-0.3, -0.25) is 5.32 Å². The molecule has 1 saturated carbocycles. The lowest BCUT2D eigenvalue weighted by Gasteiger charge is -2.22. The van der Waals surface area contributed by atoms with Gasteiger partial charge in [0.2, 0.25) is 16.0 Å². The van der Waals surface area contributed by atoms with Crippen molar-refractivity contribution < 1.29 is 13.2 Å². The van der Waals surface area contributed by atoms with E-state index in [0.717, 1.165) is 25.7 Å². The van der Waals surface area contributed by atoms with Crippen LogP contribution in [0.1, 0.15) is 32.1 Å². The van der Waals surface area contributed by atoms with Crippen molar-refractivity contribution in [1.29, 1.82) is 0 Å². The summed E-state index contributed by atoms with van der Waals surface area (Å²) in [7, 11) is -3.75. The number of hydrogen-bond acceptors (Lipinski definition) is 7. The van der Waals surface area contributed by atoms with Crippen LogP contribution in [0.2, 0.25) is 0 Å². The Balaban J connectivity index is 1.46. The van der Waals surface area contributed by atoms with Crippen LogP contribution in [0.25, 0.3) is 11.0 Å². The molecule has 0 aliphatic heterocycles. The second kappa shape index (κ2) is 8.82. The fraction of sp³-hybridized carbons (Fsp3) is 0.300. The number of nitrogens with zero attached hydrogens (tertiary/aromatic N) is 3. The van der Waals surface area contributed by atoms with E-state index in [9.17, 15) is 13.2 Å². The number of rotatable bonds is 5. The zero-order chi connectivity index (χ0) is 21.8. The Labute approximate surface area is 179 Å². The number of benzene rings is 1. The summed E-state index contributed by atoms with van der Waals surface area (Å²) in [6.45, 7) is 0. The molecule has 31 heavy (non-hydrogen) atoms. The quantitative estimate of drug-likeness (QED) is 0.475. The summed E-state index contributed by atoms with van der Waals surface area (Å²) < 4.78 is 22.7. The molecule has 1 fully saturated rings. The maximum absolute atomic E-state index is 12.3. The molecular weight excluding hydrogens is 418 g/mol. The Bertz CT molecular complexity index is 1190. The fourth-order valence-electron chi connectivity index (χ4n) is 3.48. The second-order valence-corrected chi connectivity index (χ2v) is 8.99. The first kappa shape index (κ1) is 20.9. The Morgan fingerprint density at radius 2 is 1.74 bits per heavy atom. The van der Waals surface area contributed by atoms with E-state index in [0.29, 0.717) is 22.5 Å². The third-order valence-corrected chi connectivity index (χ3v) is 5.99. The van der Waals surface area contributed by atoms with Crippen LogP contribution in [0.3, 0.4) is 0 Å². The molecule has 11 heteroatoms. The van der Waals surface area contributed by atoms with Crippen molar-refractivity contribution in [2.24, 2.45) is 5.14 Å². The highest BCUT2D eigenvalue weighted by Crippen LogP contribution is 2.20. The van der Waals surface area contributed by atoms with E-state index in [1.807, 2.05) is 0 Å². The Morgan fingerprint density at radius 1 is 1.00 bits per heavy atom. The number of fused-ring (bicyclic) bond motifs is 1. The van der Waals surface area contributed by atoms with E-state index in [1.165, 1.54) is 18.6 Å². The third kappa shape index (κ3) is 5.44. The van der Waals surface area contributed by atoms with E-state index in [2.05, 4.69) is 30.9 Å². The standard InChI is InChI=1S/C20H23N7O3S/c21-31(29,30)16-9-7-15(8-10-16)23-19-22-12-13-6-11-17(25-18(13)27-19)26-20(28)24-14-4-2-1-3-5-14/h6-12,14H,1-5H2,(H2,21,29,30)(H3,22,23,24,25,26,27,28). The van der Waals surface area contributed by atoms with Crippen LogP contribution in [0.5, 0.6) is 0 Å². The van der Waals surface area contributed by atoms with Crippen LogP contribution < -0.4 is 21.1 Å². The van der Waals surface area contributed by atoms with E-state index < -0.39 is 10.0 Å². The number of carbonyl (C=O) groups is 1. The van der Waals surface area contributed by atoms with Gasteiger partial charge in [0.15, 0.2) is 5.65 Å². The normalized spacial score (nSPS) is 14.9. The second-order valence-electron chi connectivity index (χ2n) is 7.43. The number of amides is 2. The number of aromatic nitrogens is 3. The number of urea groups is 1. The number of hydrogen-bond donors (Lipinski definition) is 4. The highest BCUT2D eigenvalue weighted by molar-refractivity contribution is 7.89. The van der Waals surface area contributed by atoms with Gasteiger partial charge in [0, 0.05) is 23.3 Å². The van der Waals surface area contributed by atoms with Gasteiger partial charge < -0.3 is 10.6 Å². The molecule has 0 atom stereocenters. The number of anilines is 3. The van der Waals surface area contributed by atoms with Gasteiger partial charge in [0.05, 0.1) is 4.90 Å². The Hall–Kier alpha value is -3.31. The van der Waals surface area contributed by atoms with Crippen LogP contribution in [0.15, 0.2) is 47.5 Å². The summed E-state index contributed by atoms with van der Waals surface area (Å²) in [5, 5.41) is 14.6. The van der Waals surface area contributed by atoms with Gasteiger partial charge in [0.25, 0.3) is 0 Å². The summed E-state index contributed by atoms with van der Waals surface area (Å²) in [6.07, 6.45) is 7.10. The van der Waals surface area contributed by atoms with Gasteiger partial charge in [-0.15, -0.1) is 0 Å². The maximum Gasteiger partial charge on any atom is 0.320 e. The Morgan fingerprint density at radius 3 is 2.45 bits per heavy atom. The van der Waals surface area contributed by atoms with Gasteiger partial charge in [-0.2, -0.15) is 4.98 Å². The highest BCUT2D eigenvalue weighted by atomic mass is 32.2. The van der Waals surface area contributed by atoms with Crippen molar-refractivity contribution in [3.8, 4) is 0 Å². The molecule has 10 nitrogen and oxygen atoms in total. The van der Waals surface area contributed by atoms with Gasteiger partial charge in [-0.25, -0.2) is 28.3 Å². The number of nitrogens with one attached hydrogen (secondary N) is 3. The molecule has 2 aromatic heterocycles. The lowest BCUT2D eigenvalue weighted by molar-refractivity contribution is 0.244. The summed E-state index contributed by atoms with van der Waals surface area (Å²) in [5.74, 6) is 0.676. The molecule has 162 valence electrons. The summed E-state index contributed by atoms with van der Waals surface area (Å²) in [6, 6.07) is 9.32. The number of sulfonamides is 1. The average Bonchev–Trinajstić information content (AvgIpc) is 2.74. The molecule has 4 rings (SSSR count). The lowest BCUT2D eigenvalue weighted by atomic mass is 9.96. The average molecular weight is 442 g/mol. The van der Waals surface area contributed by atoms with Crippen molar-refractivity contribution >= 4 is 44.5 Å². The summed E-state index contributed by atoms with van der Waals surface area (Å²) >= 11 is 0. The predicted octanol–water partition coefficient (Wildman–Crippen LogP) is 2.87. The minimum Gasteiger partial charge on any atom is -0.335 e. The lowest BCUT2D eigenvalue weighted by Crippen LogP contribution is -2.39. The molecule has 0 bridgehead atoms. The predicted molar refractivity (Wildman–Crippen MR) is 117 cm³/mol. The monoisotopic (exact) mass is 441 g/mol. The van der Waals surface area contributed by atoms with Crippen molar-refractivity contribution in [2.75, 3.05) is 10.6 Å². The first-order valence-electron chi connectivity index (χ1n) is 9.98. The molecule has 1 aliphatic rings. The van der Waals surface area contributed by atoms with Crippen molar-refractivity contribution in [2.45, 2.75) is 43.0 Å². The van der Waals surface area contributed by atoms with Crippen molar-refractivity contribution in [1.82, 2.24) is 20.3 Å². The van der Waals surface area contributed by atoms with Crippen molar-refractivity contribution in [3.63, 3.8) is 0 Å². The molecule has 1 aliphatic carbocycles. The zero-order valence-corrected chi connectivity index (χ0v) is 17.5. The molecule has 0 radical (unpaired) electrons. The number of pyridine rings is 1. The highest BCUT2D eigenvalue weighted by Gasteiger charge is 2.16. The Kier molecular flexibility index (Phi) is 5.96. The summed E-state index contributed by atoms with van der Waals surface area (Å²) in [5.41, 5.74) is 1.00. The van der Waals surface area contributed by atoms with Crippen molar-refractivity contribution in [3.05, 3.63) is 42.6 Å². The minimum absolute atomic E-state index is 0.0152. The smallest absolute Gasteiger partial charge is 0.320 e. The third-order valence-electron chi connectivity index (χ3n) is 5.06. The van der Waals surface area contributed by atoms with E-state index >= 15 is 0 Å². The van der Waals surface area contributed by atoms with Gasteiger partial charge >= 0.3 is 6.03 Å². The van der Waals surface area contributed by atoms with Crippen LogP contribution >= 0.6 is 0 Å². The number of nitrogens with two attached hydrogens (primary N) is 1. The first-order valence-corrected chi connectivity index (χ1v) is 11.5. The topological polar surface area (TPSA) is 152 Å². The molecule has 3 aromatic rings. The van der Waals surface area contributed by atoms with E-state index in [4.69, 9.17) is 5.14 Å². The van der Waals surface area contributed by atoms with Crippen LogP contribution in [-0.4, -0.2) is 35.4 Å². The molecular formula is C20H23N7O3S.